The topological polar surface area (TPSA) is 89.6 Å². The Morgan fingerprint density at radius 2 is 1.69 bits per heavy atom. The Labute approximate surface area is 186 Å². The van der Waals surface area contributed by atoms with Gasteiger partial charge in [0.1, 0.15) is 5.82 Å². The predicted molar refractivity (Wildman–Crippen MR) is 126 cm³/mol. The van der Waals surface area contributed by atoms with Gasteiger partial charge >= 0.3 is 0 Å². The lowest BCUT2D eigenvalue weighted by Gasteiger charge is -2.35. The van der Waals surface area contributed by atoms with E-state index < -0.39 is 0 Å². The van der Waals surface area contributed by atoms with Crippen LogP contribution in [0.2, 0.25) is 0 Å². The minimum atomic E-state index is 0.440. The molecule has 0 saturated carbocycles. The Morgan fingerprint density at radius 3 is 2.47 bits per heavy atom. The van der Waals surface area contributed by atoms with Gasteiger partial charge < -0.3 is 20.1 Å². The zero-order valence-corrected chi connectivity index (χ0v) is 18.3. The van der Waals surface area contributed by atoms with Crippen molar-refractivity contribution < 1.29 is 9.47 Å². The normalized spacial score (nSPS) is 14.8. The van der Waals surface area contributed by atoms with Crippen LogP contribution in [0.5, 0.6) is 11.5 Å². The highest BCUT2D eigenvalue weighted by Crippen LogP contribution is 2.34. The fraction of sp³-hybridized carbons (Fsp3) is 0.292. The molecule has 8 heteroatoms. The maximum absolute atomic E-state index is 6.27. The number of hydrogen-bond acceptors (Lipinski definition) is 8. The van der Waals surface area contributed by atoms with Crippen molar-refractivity contribution in [3.63, 3.8) is 0 Å². The number of anilines is 2. The molecule has 8 nitrogen and oxygen atoms in total. The third-order valence-corrected chi connectivity index (χ3v) is 5.98. The van der Waals surface area contributed by atoms with Gasteiger partial charge in [0.05, 0.1) is 25.3 Å². The van der Waals surface area contributed by atoms with E-state index in [4.69, 9.17) is 20.2 Å². The summed E-state index contributed by atoms with van der Waals surface area (Å²) in [7, 11) is 3.21. The summed E-state index contributed by atoms with van der Waals surface area (Å²) in [6.07, 6.45) is 1.86. The van der Waals surface area contributed by atoms with Gasteiger partial charge in [-0.15, -0.1) is 0 Å². The van der Waals surface area contributed by atoms with Crippen LogP contribution >= 0.6 is 0 Å². The van der Waals surface area contributed by atoms with Crippen molar-refractivity contribution in [1.29, 1.82) is 0 Å². The molecule has 0 bridgehead atoms. The quantitative estimate of drug-likeness (QED) is 0.517. The van der Waals surface area contributed by atoms with Gasteiger partial charge in [-0.25, -0.2) is 4.98 Å². The fourth-order valence-electron chi connectivity index (χ4n) is 4.25. The molecule has 164 valence electrons. The van der Waals surface area contributed by atoms with Gasteiger partial charge in [-0.2, -0.15) is 4.98 Å². The molecule has 0 radical (unpaired) electrons. The van der Waals surface area contributed by atoms with Crippen molar-refractivity contribution in [1.82, 2.24) is 19.9 Å². The standard InChI is InChI=1S/C24H26N6O2/c1-31-20-13-18-19(14-21(20)32-2)27-24(28-23(18)25)30-11-9-29(10-12-30)15-17-6-3-5-16-7-4-8-26-22(16)17/h3-8,13-14H,9-12,15H2,1-2H3,(H2,25,27,28). The third-order valence-electron chi connectivity index (χ3n) is 5.98. The Kier molecular flexibility index (Phi) is 5.36. The summed E-state index contributed by atoms with van der Waals surface area (Å²) in [5, 5.41) is 1.93. The molecule has 1 aliphatic heterocycles. The minimum Gasteiger partial charge on any atom is -0.493 e. The highest BCUT2D eigenvalue weighted by molar-refractivity contribution is 5.91. The van der Waals surface area contributed by atoms with Gasteiger partial charge in [-0.3, -0.25) is 9.88 Å². The summed E-state index contributed by atoms with van der Waals surface area (Å²) in [5.41, 5.74) is 9.34. The number of pyridine rings is 1. The lowest BCUT2D eigenvalue weighted by molar-refractivity contribution is 0.249. The first-order chi connectivity index (χ1) is 15.7. The van der Waals surface area contributed by atoms with E-state index in [9.17, 15) is 0 Å². The highest BCUT2D eigenvalue weighted by Gasteiger charge is 2.21. The third kappa shape index (κ3) is 3.73. The number of piperazine rings is 1. The Balaban J connectivity index is 1.33. The van der Waals surface area contributed by atoms with E-state index in [0.717, 1.165) is 49.1 Å². The fourth-order valence-corrected chi connectivity index (χ4v) is 4.25. The molecule has 2 N–H and O–H groups in total. The minimum absolute atomic E-state index is 0.440. The number of methoxy groups -OCH3 is 2. The molecule has 2 aromatic heterocycles. The molecule has 0 atom stereocenters. The Hall–Kier alpha value is -3.65. The number of benzene rings is 2. The number of hydrogen-bond donors (Lipinski definition) is 1. The van der Waals surface area contributed by atoms with Crippen LogP contribution in [-0.2, 0) is 6.54 Å². The number of para-hydroxylation sites is 1. The first-order valence-electron chi connectivity index (χ1n) is 10.7. The lowest BCUT2D eigenvalue weighted by Crippen LogP contribution is -2.46. The van der Waals surface area contributed by atoms with Gasteiger partial charge in [0.15, 0.2) is 11.5 Å². The van der Waals surface area contributed by atoms with Crippen molar-refractivity contribution >= 4 is 33.6 Å². The maximum atomic E-state index is 6.27. The summed E-state index contributed by atoms with van der Waals surface area (Å²) in [6, 6.07) is 14.1. The zero-order chi connectivity index (χ0) is 22.1. The highest BCUT2D eigenvalue weighted by atomic mass is 16.5. The van der Waals surface area contributed by atoms with Crippen LogP contribution in [0, 0.1) is 0 Å². The summed E-state index contributed by atoms with van der Waals surface area (Å²) >= 11 is 0. The summed E-state index contributed by atoms with van der Waals surface area (Å²) in [5.74, 6) is 2.32. The van der Waals surface area contributed by atoms with Gasteiger partial charge in [0.25, 0.3) is 0 Å². The summed E-state index contributed by atoms with van der Waals surface area (Å²) in [6.45, 7) is 4.36. The van der Waals surface area contributed by atoms with Crippen molar-refractivity contribution in [2.24, 2.45) is 0 Å². The Morgan fingerprint density at radius 1 is 0.938 bits per heavy atom. The largest absolute Gasteiger partial charge is 0.493 e. The number of nitrogens with zero attached hydrogens (tertiary/aromatic N) is 5. The first-order valence-corrected chi connectivity index (χ1v) is 10.7. The number of aromatic nitrogens is 3. The SMILES string of the molecule is COc1cc2nc(N3CCN(Cc4cccc5cccnc45)CC3)nc(N)c2cc1OC. The average Bonchev–Trinajstić information content (AvgIpc) is 2.84. The van der Waals surface area contributed by atoms with Crippen molar-refractivity contribution in [3.8, 4) is 11.5 Å². The lowest BCUT2D eigenvalue weighted by atomic mass is 10.1. The maximum Gasteiger partial charge on any atom is 0.227 e. The number of fused-ring (bicyclic) bond motifs is 2. The molecule has 0 aliphatic carbocycles. The van der Waals surface area contributed by atoms with E-state index in [2.05, 4.69) is 44.0 Å². The van der Waals surface area contributed by atoms with Crippen LogP contribution < -0.4 is 20.1 Å². The second kappa shape index (κ2) is 8.47. The molecule has 3 heterocycles. The van der Waals surface area contributed by atoms with Gasteiger partial charge in [-0.1, -0.05) is 24.3 Å². The molecular formula is C24H26N6O2. The number of nitrogen functional groups attached to an aromatic ring is 1. The number of ether oxygens (including phenoxy) is 2. The molecule has 0 unspecified atom stereocenters. The molecule has 4 aromatic rings. The van der Waals surface area contributed by atoms with Gasteiger partial charge in [0, 0.05) is 55.8 Å². The van der Waals surface area contributed by atoms with Crippen LogP contribution in [0.25, 0.3) is 21.8 Å². The smallest absolute Gasteiger partial charge is 0.227 e. The van der Waals surface area contributed by atoms with Crippen LogP contribution in [-0.4, -0.2) is 60.3 Å². The van der Waals surface area contributed by atoms with E-state index in [1.165, 1.54) is 10.9 Å². The molecule has 32 heavy (non-hydrogen) atoms. The molecule has 0 amide bonds. The molecule has 2 aromatic carbocycles. The summed E-state index contributed by atoms with van der Waals surface area (Å²) < 4.78 is 10.8. The van der Waals surface area contributed by atoms with E-state index in [1.807, 2.05) is 24.4 Å². The van der Waals surface area contributed by atoms with Crippen LogP contribution in [0.4, 0.5) is 11.8 Å². The van der Waals surface area contributed by atoms with Crippen molar-refractivity contribution in [2.45, 2.75) is 6.54 Å². The first kappa shape index (κ1) is 20.3. The molecule has 1 saturated heterocycles. The molecule has 5 rings (SSSR count). The molecular weight excluding hydrogens is 404 g/mol. The van der Waals surface area contributed by atoms with Crippen molar-refractivity contribution in [2.75, 3.05) is 51.0 Å². The van der Waals surface area contributed by atoms with Crippen LogP contribution in [0.15, 0.2) is 48.7 Å². The Bertz CT molecular complexity index is 1270. The second-order valence-electron chi connectivity index (χ2n) is 7.89. The second-order valence-corrected chi connectivity index (χ2v) is 7.89. The van der Waals surface area contributed by atoms with E-state index in [1.54, 1.807) is 14.2 Å². The zero-order valence-electron chi connectivity index (χ0n) is 18.3. The predicted octanol–water partition coefficient (Wildman–Crippen LogP) is 3.10. The van der Waals surface area contributed by atoms with Crippen LogP contribution in [0.3, 0.4) is 0 Å². The molecule has 1 fully saturated rings. The van der Waals surface area contributed by atoms with E-state index >= 15 is 0 Å². The number of rotatable bonds is 5. The van der Waals surface area contributed by atoms with Gasteiger partial charge in [0.2, 0.25) is 5.95 Å². The summed E-state index contributed by atoms with van der Waals surface area (Å²) in [4.78, 5) is 18.5. The van der Waals surface area contributed by atoms with E-state index in [0.29, 0.717) is 23.3 Å². The van der Waals surface area contributed by atoms with Crippen LogP contribution in [0.1, 0.15) is 5.56 Å². The molecule has 1 aliphatic rings. The molecule has 0 spiro atoms. The van der Waals surface area contributed by atoms with E-state index in [-0.39, 0.29) is 0 Å². The monoisotopic (exact) mass is 430 g/mol. The average molecular weight is 431 g/mol. The van der Waals surface area contributed by atoms with Crippen molar-refractivity contribution in [3.05, 3.63) is 54.2 Å². The van der Waals surface area contributed by atoms with Gasteiger partial charge in [-0.05, 0) is 17.7 Å². The number of nitrogens with two attached hydrogens (primary N) is 1.